The molecule has 0 aliphatic carbocycles. The molecule has 1 aromatic rings. The number of rotatable bonds is 6. The smallest absolute Gasteiger partial charge is 0.255 e. The molecule has 116 valence electrons. The Morgan fingerprint density at radius 2 is 2.14 bits per heavy atom. The van der Waals surface area contributed by atoms with E-state index in [1.807, 2.05) is 0 Å². The Balaban J connectivity index is 1.99. The second-order valence-corrected chi connectivity index (χ2v) is 5.36. The average molecular weight is 294 g/mol. The summed E-state index contributed by atoms with van der Waals surface area (Å²) < 4.78 is 18.4. The minimum Gasteiger partial charge on any atom is -0.496 e. The summed E-state index contributed by atoms with van der Waals surface area (Å²) >= 11 is 0. The van der Waals surface area contributed by atoms with Gasteiger partial charge in [0.1, 0.15) is 11.6 Å². The number of carbonyl (C=O) groups is 1. The van der Waals surface area contributed by atoms with E-state index in [9.17, 15) is 9.18 Å². The second-order valence-electron chi connectivity index (χ2n) is 5.36. The van der Waals surface area contributed by atoms with Crippen LogP contribution in [0.25, 0.3) is 0 Å². The van der Waals surface area contributed by atoms with Gasteiger partial charge in [-0.05, 0) is 50.6 Å². The fraction of sp³-hybridized carbons (Fsp3) is 0.562. The van der Waals surface area contributed by atoms with Crippen LogP contribution in [0.2, 0.25) is 0 Å². The Kier molecular flexibility index (Phi) is 5.56. The molecule has 1 heterocycles. The van der Waals surface area contributed by atoms with E-state index >= 15 is 0 Å². The number of hydrogen-bond acceptors (Lipinski definition) is 3. The van der Waals surface area contributed by atoms with Gasteiger partial charge in [-0.15, -0.1) is 0 Å². The first-order valence-electron chi connectivity index (χ1n) is 7.51. The Labute approximate surface area is 125 Å². The SMILES string of the molecule is CC[C@H](CNC(=O)c1cc(F)ccc1OC)N1CCCC1. The Morgan fingerprint density at radius 1 is 1.43 bits per heavy atom. The van der Waals surface area contributed by atoms with Crippen LogP contribution in [0.3, 0.4) is 0 Å². The van der Waals surface area contributed by atoms with E-state index in [1.54, 1.807) is 0 Å². The molecule has 0 spiro atoms. The lowest BCUT2D eigenvalue weighted by atomic mass is 10.1. The molecule has 1 fully saturated rings. The number of benzene rings is 1. The lowest BCUT2D eigenvalue weighted by Crippen LogP contribution is -2.42. The Bertz CT molecular complexity index is 487. The summed E-state index contributed by atoms with van der Waals surface area (Å²) in [6.07, 6.45) is 3.44. The zero-order chi connectivity index (χ0) is 15.2. The van der Waals surface area contributed by atoms with Crippen LogP contribution < -0.4 is 10.1 Å². The Hall–Kier alpha value is -1.62. The van der Waals surface area contributed by atoms with Gasteiger partial charge in [-0.2, -0.15) is 0 Å². The van der Waals surface area contributed by atoms with Crippen LogP contribution in [0, 0.1) is 5.82 Å². The first-order valence-corrected chi connectivity index (χ1v) is 7.51. The van der Waals surface area contributed by atoms with Crippen LogP contribution >= 0.6 is 0 Å². The quantitative estimate of drug-likeness (QED) is 0.876. The van der Waals surface area contributed by atoms with E-state index in [2.05, 4.69) is 17.1 Å². The summed E-state index contributed by atoms with van der Waals surface area (Å²) in [6.45, 7) is 4.89. The molecule has 1 aliphatic rings. The summed E-state index contributed by atoms with van der Waals surface area (Å²) in [7, 11) is 1.48. The Morgan fingerprint density at radius 3 is 2.76 bits per heavy atom. The van der Waals surface area contributed by atoms with E-state index in [4.69, 9.17) is 4.74 Å². The molecule has 0 bridgehead atoms. The summed E-state index contributed by atoms with van der Waals surface area (Å²) in [5.41, 5.74) is 0.244. The van der Waals surface area contributed by atoms with Crippen LogP contribution in [-0.2, 0) is 0 Å². The molecular weight excluding hydrogens is 271 g/mol. The number of likely N-dealkylation sites (tertiary alicyclic amines) is 1. The molecule has 2 rings (SSSR count). The highest BCUT2D eigenvalue weighted by atomic mass is 19.1. The van der Waals surface area contributed by atoms with Gasteiger partial charge in [0, 0.05) is 12.6 Å². The molecule has 4 nitrogen and oxygen atoms in total. The van der Waals surface area contributed by atoms with Crippen molar-refractivity contribution in [3.05, 3.63) is 29.6 Å². The number of nitrogens with zero attached hydrogens (tertiary/aromatic N) is 1. The zero-order valence-electron chi connectivity index (χ0n) is 12.7. The molecule has 1 saturated heterocycles. The van der Waals surface area contributed by atoms with E-state index in [-0.39, 0.29) is 11.5 Å². The number of nitrogens with one attached hydrogen (secondary N) is 1. The van der Waals surface area contributed by atoms with Crippen molar-refractivity contribution in [2.75, 3.05) is 26.7 Å². The van der Waals surface area contributed by atoms with Gasteiger partial charge in [-0.1, -0.05) is 6.92 Å². The number of amides is 1. The number of halogens is 1. The standard InChI is InChI=1S/C16H23FN2O2/c1-3-13(19-8-4-5-9-19)11-18-16(20)14-10-12(17)6-7-15(14)21-2/h6-7,10,13H,3-5,8-9,11H2,1-2H3,(H,18,20)/t13-/m1/s1. The first-order chi connectivity index (χ1) is 10.2. The molecule has 21 heavy (non-hydrogen) atoms. The normalized spacial score (nSPS) is 16.7. The predicted octanol–water partition coefficient (Wildman–Crippen LogP) is 2.44. The van der Waals surface area contributed by atoms with Crippen molar-refractivity contribution in [1.82, 2.24) is 10.2 Å². The fourth-order valence-corrected chi connectivity index (χ4v) is 2.80. The molecule has 1 N–H and O–H groups in total. The van der Waals surface area contributed by atoms with Gasteiger partial charge in [0.15, 0.2) is 0 Å². The van der Waals surface area contributed by atoms with Gasteiger partial charge in [0.05, 0.1) is 12.7 Å². The van der Waals surface area contributed by atoms with Crippen LogP contribution in [-0.4, -0.2) is 43.6 Å². The van der Waals surface area contributed by atoms with Gasteiger partial charge < -0.3 is 10.1 Å². The third-order valence-corrected chi connectivity index (χ3v) is 4.03. The van der Waals surface area contributed by atoms with Crippen molar-refractivity contribution in [2.24, 2.45) is 0 Å². The van der Waals surface area contributed by atoms with E-state index in [1.165, 1.54) is 38.2 Å². The van der Waals surface area contributed by atoms with Gasteiger partial charge >= 0.3 is 0 Å². The van der Waals surface area contributed by atoms with Crippen molar-refractivity contribution < 1.29 is 13.9 Å². The maximum atomic E-state index is 13.3. The highest BCUT2D eigenvalue weighted by Crippen LogP contribution is 2.19. The number of methoxy groups -OCH3 is 1. The highest BCUT2D eigenvalue weighted by Gasteiger charge is 2.21. The van der Waals surface area contributed by atoms with Crippen molar-refractivity contribution in [3.63, 3.8) is 0 Å². The predicted molar refractivity (Wildman–Crippen MR) is 80.2 cm³/mol. The maximum Gasteiger partial charge on any atom is 0.255 e. The topological polar surface area (TPSA) is 41.6 Å². The van der Waals surface area contributed by atoms with Crippen molar-refractivity contribution >= 4 is 5.91 Å². The largest absolute Gasteiger partial charge is 0.496 e. The van der Waals surface area contributed by atoms with Crippen LogP contribution in [0.15, 0.2) is 18.2 Å². The monoisotopic (exact) mass is 294 g/mol. The van der Waals surface area contributed by atoms with Crippen LogP contribution in [0.4, 0.5) is 4.39 Å². The molecular formula is C16H23FN2O2. The van der Waals surface area contributed by atoms with Gasteiger partial charge in [0.25, 0.3) is 5.91 Å². The molecule has 1 atom stereocenters. The third kappa shape index (κ3) is 3.94. The first kappa shape index (κ1) is 15.8. The van der Waals surface area contributed by atoms with E-state index < -0.39 is 5.82 Å². The van der Waals surface area contributed by atoms with Crippen LogP contribution in [0.1, 0.15) is 36.5 Å². The molecule has 0 saturated carbocycles. The van der Waals surface area contributed by atoms with Crippen molar-refractivity contribution in [2.45, 2.75) is 32.2 Å². The summed E-state index contributed by atoms with van der Waals surface area (Å²) in [4.78, 5) is 14.6. The lowest BCUT2D eigenvalue weighted by molar-refractivity contribution is 0.0933. The van der Waals surface area contributed by atoms with Crippen molar-refractivity contribution in [3.8, 4) is 5.75 Å². The second kappa shape index (κ2) is 7.41. The molecule has 1 aliphatic heterocycles. The minimum atomic E-state index is -0.437. The lowest BCUT2D eigenvalue weighted by Gasteiger charge is -2.26. The summed E-state index contributed by atoms with van der Waals surface area (Å²) in [5, 5.41) is 2.90. The third-order valence-electron chi connectivity index (χ3n) is 4.03. The fourth-order valence-electron chi connectivity index (χ4n) is 2.80. The zero-order valence-corrected chi connectivity index (χ0v) is 12.7. The van der Waals surface area contributed by atoms with E-state index in [0.29, 0.717) is 18.3 Å². The number of carbonyl (C=O) groups excluding carboxylic acids is 1. The minimum absolute atomic E-state index is 0.244. The molecule has 0 radical (unpaired) electrons. The van der Waals surface area contributed by atoms with Crippen molar-refractivity contribution in [1.29, 1.82) is 0 Å². The maximum absolute atomic E-state index is 13.3. The van der Waals surface area contributed by atoms with Gasteiger partial charge in [-0.3, -0.25) is 9.69 Å². The van der Waals surface area contributed by atoms with Crippen LogP contribution in [0.5, 0.6) is 5.75 Å². The molecule has 0 unspecified atom stereocenters. The number of hydrogen-bond donors (Lipinski definition) is 1. The van der Waals surface area contributed by atoms with Gasteiger partial charge in [-0.25, -0.2) is 4.39 Å². The average Bonchev–Trinajstić information content (AvgIpc) is 3.02. The van der Waals surface area contributed by atoms with E-state index in [0.717, 1.165) is 19.5 Å². The molecule has 1 amide bonds. The molecule has 0 aromatic heterocycles. The highest BCUT2D eigenvalue weighted by molar-refractivity contribution is 5.96. The van der Waals surface area contributed by atoms with Gasteiger partial charge in [0.2, 0.25) is 0 Å². The summed E-state index contributed by atoms with van der Waals surface area (Å²) in [5.74, 6) is -0.334. The molecule has 1 aromatic carbocycles. The summed E-state index contributed by atoms with van der Waals surface area (Å²) in [6, 6.07) is 4.32. The number of ether oxygens (including phenoxy) is 1. The molecule has 5 heteroatoms.